The number of fused-ring (bicyclic) bond motifs is 1. The number of amides is 2. The van der Waals surface area contributed by atoms with E-state index in [1.807, 2.05) is 18.2 Å². The molecule has 1 aromatic rings. The minimum Gasteiger partial charge on any atom is -0.268 e. The molecule has 0 fully saturated rings. The summed E-state index contributed by atoms with van der Waals surface area (Å²) in [6.07, 6.45) is 6.24. The predicted octanol–water partition coefficient (Wildman–Crippen LogP) is 2.13. The summed E-state index contributed by atoms with van der Waals surface area (Å²) < 4.78 is 0. The zero-order valence-electron chi connectivity index (χ0n) is 8.51. The average Bonchev–Trinajstić information content (AvgIpc) is 2.89. The average molecular weight is 211 g/mol. The van der Waals surface area contributed by atoms with Gasteiger partial charge in [-0.1, -0.05) is 24.3 Å². The van der Waals surface area contributed by atoms with Crippen LogP contribution in [-0.4, -0.2) is 16.7 Å². The predicted molar refractivity (Wildman–Crippen MR) is 58.8 cm³/mol. The van der Waals surface area contributed by atoms with Gasteiger partial charge in [-0.3, -0.25) is 9.59 Å². The molecule has 2 aliphatic rings. The smallest absolute Gasteiger partial charge is 0.265 e. The van der Waals surface area contributed by atoms with E-state index in [0.29, 0.717) is 17.5 Å². The molecule has 0 bridgehead atoms. The summed E-state index contributed by atoms with van der Waals surface area (Å²) in [5.74, 6) is -0.425. The van der Waals surface area contributed by atoms with Gasteiger partial charge in [-0.2, -0.15) is 0 Å². The Morgan fingerprint density at radius 3 is 2.12 bits per heavy atom. The SMILES string of the molecule is O=C1c2ccccc2C(=O)N1C1=CC=CC1. The number of carbonyl (C=O) groups is 2. The van der Waals surface area contributed by atoms with Gasteiger partial charge in [0.1, 0.15) is 0 Å². The molecule has 3 nitrogen and oxygen atoms in total. The summed E-state index contributed by atoms with van der Waals surface area (Å²) in [5.41, 5.74) is 1.76. The standard InChI is InChI=1S/C13H9NO2/c15-12-10-7-3-4-8-11(10)13(16)14(12)9-5-1-2-6-9/h1-5,7-8H,6H2. The van der Waals surface area contributed by atoms with Crippen molar-refractivity contribution in [1.82, 2.24) is 4.90 Å². The highest BCUT2D eigenvalue weighted by Gasteiger charge is 2.37. The van der Waals surface area contributed by atoms with Crippen molar-refractivity contribution in [2.45, 2.75) is 6.42 Å². The number of nitrogens with zero attached hydrogens (tertiary/aromatic N) is 1. The molecular formula is C13H9NO2. The molecule has 1 heterocycles. The van der Waals surface area contributed by atoms with E-state index in [4.69, 9.17) is 0 Å². The van der Waals surface area contributed by atoms with Crippen LogP contribution in [0.2, 0.25) is 0 Å². The topological polar surface area (TPSA) is 37.4 Å². The molecule has 16 heavy (non-hydrogen) atoms. The highest BCUT2D eigenvalue weighted by Crippen LogP contribution is 2.28. The molecule has 3 heteroatoms. The van der Waals surface area contributed by atoms with Gasteiger partial charge in [0.2, 0.25) is 0 Å². The lowest BCUT2D eigenvalue weighted by Gasteiger charge is -2.14. The molecular weight excluding hydrogens is 202 g/mol. The number of rotatable bonds is 1. The van der Waals surface area contributed by atoms with Crippen molar-refractivity contribution in [3.63, 3.8) is 0 Å². The highest BCUT2D eigenvalue weighted by atomic mass is 16.2. The Bertz CT molecular complexity index is 520. The van der Waals surface area contributed by atoms with Crippen molar-refractivity contribution >= 4 is 11.8 Å². The van der Waals surface area contributed by atoms with Crippen LogP contribution in [0.4, 0.5) is 0 Å². The Morgan fingerprint density at radius 1 is 1.00 bits per heavy atom. The molecule has 0 radical (unpaired) electrons. The van der Waals surface area contributed by atoms with E-state index in [9.17, 15) is 9.59 Å². The minimum absolute atomic E-state index is 0.212. The first-order valence-corrected chi connectivity index (χ1v) is 5.12. The number of hydrogen-bond acceptors (Lipinski definition) is 2. The zero-order chi connectivity index (χ0) is 11.1. The van der Waals surface area contributed by atoms with E-state index >= 15 is 0 Å². The van der Waals surface area contributed by atoms with Gasteiger partial charge in [0, 0.05) is 12.1 Å². The van der Waals surface area contributed by atoms with Crippen LogP contribution in [0.5, 0.6) is 0 Å². The monoisotopic (exact) mass is 211 g/mol. The third kappa shape index (κ3) is 1.08. The van der Waals surface area contributed by atoms with Gasteiger partial charge < -0.3 is 0 Å². The summed E-state index contributed by atoms with van der Waals surface area (Å²) in [6, 6.07) is 6.93. The normalized spacial score (nSPS) is 18.0. The molecule has 0 N–H and O–H groups in total. The Hall–Kier alpha value is -2.16. The van der Waals surface area contributed by atoms with Crippen LogP contribution in [0.1, 0.15) is 27.1 Å². The molecule has 0 saturated heterocycles. The Balaban J connectivity index is 2.08. The van der Waals surface area contributed by atoms with Gasteiger partial charge in [-0.25, -0.2) is 4.90 Å². The summed E-state index contributed by atoms with van der Waals surface area (Å²) in [6.45, 7) is 0. The lowest BCUT2D eigenvalue weighted by molar-refractivity contribution is 0.0702. The molecule has 78 valence electrons. The molecule has 2 amide bonds. The van der Waals surface area contributed by atoms with Crippen LogP contribution in [-0.2, 0) is 0 Å². The first-order valence-electron chi connectivity index (χ1n) is 5.12. The lowest BCUT2D eigenvalue weighted by atomic mass is 10.1. The molecule has 0 spiro atoms. The number of imide groups is 1. The van der Waals surface area contributed by atoms with E-state index in [0.717, 1.165) is 5.70 Å². The second-order valence-corrected chi connectivity index (χ2v) is 3.78. The Labute approximate surface area is 92.7 Å². The van der Waals surface area contributed by atoms with Crippen molar-refractivity contribution < 1.29 is 9.59 Å². The maximum absolute atomic E-state index is 12.0. The first kappa shape index (κ1) is 9.09. The fraction of sp³-hybridized carbons (Fsp3) is 0.0769. The minimum atomic E-state index is -0.212. The van der Waals surface area contributed by atoms with Crippen LogP contribution < -0.4 is 0 Å². The van der Waals surface area contributed by atoms with Crippen molar-refractivity contribution in [2.75, 3.05) is 0 Å². The number of allylic oxidation sites excluding steroid dienone is 3. The fourth-order valence-electron chi connectivity index (χ4n) is 2.05. The van der Waals surface area contributed by atoms with E-state index < -0.39 is 0 Å². The van der Waals surface area contributed by atoms with E-state index in [1.54, 1.807) is 24.3 Å². The van der Waals surface area contributed by atoms with Gasteiger partial charge in [-0.15, -0.1) is 0 Å². The molecule has 0 aromatic heterocycles. The van der Waals surface area contributed by atoms with Gasteiger partial charge in [0.25, 0.3) is 11.8 Å². The second-order valence-electron chi connectivity index (χ2n) is 3.78. The largest absolute Gasteiger partial charge is 0.268 e. The molecule has 1 aliphatic carbocycles. The summed E-state index contributed by atoms with van der Waals surface area (Å²) >= 11 is 0. The van der Waals surface area contributed by atoms with E-state index in [1.165, 1.54) is 4.90 Å². The Morgan fingerprint density at radius 2 is 1.62 bits per heavy atom. The molecule has 0 saturated carbocycles. The quantitative estimate of drug-likeness (QED) is 0.667. The summed E-state index contributed by atoms with van der Waals surface area (Å²) in [4.78, 5) is 25.3. The number of carbonyl (C=O) groups excluding carboxylic acids is 2. The van der Waals surface area contributed by atoms with E-state index in [2.05, 4.69) is 0 Å². The molecule has 0 atom stereocenters. The van der Waals surface area contributed by atoms with Crippen LogP contribution in [0.3, 0.4) is 0 Å². The van der Waals surface area contributed by atoms with Gasteiger partial charge >= 0.3 is 0 Å². The van der Waals surface area contributed by atoms with Crippen LogP contribution in [0.15, 0.2) is 48.2 Å². The molecule has 1 aliphatic heterocycles. The van der Waals surface area contributed by atoms with Crippen molar-refractivity contribution in [2.24, 2.45) is 0 Å². The van der Waals surface area contributed by atoms with Gasteiger partial charge in [0.15, 0.2) is 0 Å². The third-order valence-corrected chi connectivity index (χ3v) is 2.83. The van der Waals surface area contributed by atoms with Crippen LogP contribution in [0, 0.1) is 0 Å². The van der Waals surface area contributed by atoms with Gasteiger partial charge in [0.05, 0.1) is 11.1 Å². The Kier molecular flexibility index (Phi) is 1.80. The van der Waals surface area contributed by atoms with Crippen LogP contribution >= 0.6 is 0 Å². The van der Waals surface area contributed by atoms with Crippen molar-refractivity contribution in [3.8, 4) is 0 Å². The van der Waals surface area contributed by atoms with Gasteiger partial charge in [-0.05, 0) is 18.2 Å². The fourth-order valence-corrected chi connectivity index (χ4v) is 2.05. The molecule has 0 unspecified atom stereocenters. The summed E-state index contributed by atoms with van der Waals surface area (Å²) in [7, 11) is 0. The third-order valence-electron chi connectivity index (χ3n) is 2.83. The number of benzene rings is 1. The summed E-state index contributed by atoms with van der Waals surface area (Å²) in [5, 5.41) is 0. The number of hydrogen-bond donors (Lipinski definition) is 0. The maximum atomic E-state index is 12.0. The van der Waals surface area contributed by atoms with Crippen molar-refractivity contribution in [1.29, 1.82) is 0 Å². The molecule has 3 rings (SSSR count). The van der Waals surface area contributed by atoms with Crippen LogP contribution in [0.25, 0.3) is 0 Å². The maximum Gasteiger partial charge on any atom is 0.265 e. The second kappa shape index (κ2) is 3.17. The van der Waals surface area contributed by atoms with Crippen molar-refractivity contribution in [3.05, 3.63) is 59.3 Å². The zero-order valence-corrected chi connectivity index (χ0v) is 8.51. The highest BCUT2D eigenvalue weighted by molar-refractivity contribution is 6.22. The van der Waals surface area contributed by atoms with E-state index in [-0.39, 0.29) is 11.8 Å². The first-order chi connectivity index (χ1) is 7.79. The lowest BCUT2D eigenvalue weighted by Crippen LogP contribution is -2.28. The molecule has 1 aromatic carbocycles.